The third-order valence-electron chi connectivity index (χ3n) is 2.62. The largest absolute Gasteiger partial charge is 0.349 e. The van der Waals surface area contributed by atoms with E-state index in [2.05, 4.69) is 15.5 Å². The standard InChI is InChI=1S/C13H14N4O2/c14-10(9-4-2-1-3-5-9)8-15-13(19)11-6-7-12(18)17-16-11/h1-7,10H,8,14H2,(H,15,19)(H,17,18). The first kappa shape index (κ1) is 13.0. The second-order valence-electron chi connectivity index (χ2n) is 4.03. The van der Waals surface area contributed by atoms with Crippen LogP contribution in [-0.4, -0.2) is 22.6 Å². The summed E-state index contributed by atoms with van der Waals surface area (Å²) in [6.07, 6.45) is 0. The van der Waals surface area contributed by atoms with Gasteiger partial charge in [-0.1, -0.05) is 30.3 Å². The van der Waals surface area contributed by atoms with Gasteiger partial charge >= 0.3 is 0 Å². The van der Waals surface area contributed by atoms with Crippen LogP contribution >= 0.6 is 0 Å². The molecule has 0 spiro atoms. The van der Waals surface area contributed by atoms with Gasteiger partial charge in [-0.25, -0.2) is 5.10 Å². The molecular weight excluding hydrogens is 244 g/mol. The number of carbonyl (C=O) groups is 1. The summed E-state index contributed by atoms with van der Waals surface area (Å²) < 4.78 is 0. The zero-order chi connectivity index (χ0) is 13.7. The number of hydrogen-bond acceptors (Lipinski definition) is 4. The molecule has 0 bridgehead atoms. The van der Waals surface area contributed by atoms with Crippen LogP contribution in [-0.2, 0) is 0 Å². The summed E-state index contributed by atoms with van der Waals surface area (Å²) in [7, 11) is 0. The lowest BCUT2D eigenvalue weighted by atomic mass is 10.1. The van der Waals surface area contributed by atoms with Crippen LogP contribution in [0.15, 0.2) is 47.3 Å². The van der Waals surface area contributed by atoms with Crippen LogP contribution < -0.4 is 16.6 Å². The number of hydrogen-bond donors (Lipinski definition) is 3. The van der Waals surface area contributed by atoms with Gasteiger partial charge in [0.1, 0.15) is 5.69 Å². The van der Waals surface area contributed by atoms with Crippen LogP contribution in [0, 0.1) is 0 Å². The normalized spacial score (nSPS) is 11.8. The second-order valence-corrected chi connectivity index (χ2v) is 4.03. The van der Waals surface area contributed by atoms with Gasteiger partial charge in [-0.05, 0) is 11.6 Å². The Bertz CT molecular complexity index is 589. The van der Waals surface area contributed by atoms with Crippen LogP contribution in [0.3, 0.4) is 0 Å². The van der Waals surface area contributed by atoms with Crippen molar-refractivity contribution in [1.29, 1.82) is 0 Å². The molecule has 1 atom stereocenters. The molecule has 0 aliphatic rings. The average molecular weight is 258 g/mol. The third kappa shape index (κ3) is 3.49. The quantitative estimate of drug-likeness (QED) is 0.729. The van der Waals surface area contributed by atoms with Gasteiger partial charge in [0.05, 0.1) is 0 Å². The van der Waals surface area contributed by atoms with E-state index < -0.39 is 0 Å². The predicted octanol–water partition coefficient (Wildman–Crippen LogP) is 0.200. The number of nitrogens with one attached hydrogen (secondary N) is 2. The van der Waals surface area contributed by atoms with Crippen molar-refractivity contribution in [1.82, 2.24) is 15.5 Å². The molecule has 19 heavy (non-hydrogen) atoms. The summed E-state index contributed by atoms with van der Waals surface area (Å²) >= 11 is 0. The fraction of sp³-hybridized carbons (Fsp3) is 0.154. The Morgan fingerprint density at radius 1 is 1.26 bits per heavy atom. The van der Waals surface area contributed by atoms with Crippen molar-refractivity contribution < 1.29 is 4.79 Å². The molecular formula is C13H14N4O2. The molecule has 6 nitrogen and oxygen atoms in total. The fourth-order valence-corrected chi connectivity index (χ4v) is 1.58. The maximum absolute atomic E-state index is 11.7. The first-order valence-electron chi connectivity index (χ1n) is 5.81. The van der Waals surface area contributed by atoms with Crippen LogP contribution in [0.2, 0.25) is 0 Å². The maximum Gasteiger partial charge on any atom is 0.271 e. The van der Waals surface area contributed by atoms with Gasteiger partial charge in [-0.3, -0.25) is 9.59 Å². The Morgan fingerprint density at radius 2 is 2.00 bits per heavy atom. The Morgan fingerprint density at radius 3 is 2.63 bits per heavy atom. The number of nitrogens with two attached hydrogens (primary N) is 1. The van der Waals surface area contributed by atoms with Gasteiger partial charge in [0.25, 0.3) is 11.5 Å². The Labute approximate surface area is 109 Å². The SMILES string of the molecule is NC(CNC(=O)c1ccc(=O)[nH]n1)c1ccccc1. The van der Waals surface area contributed by atoms with E-state index in [0.717, 1.165) is 5.56 Å². The topological polar surface area (TPSA) is 101 Å². The third-order valence-corrected chi connectivity index (χ3v) is 2.62. The van der Waals surface area contributed by atoms with Gasteiger partial charge in [0.15, 0.2) is 0 Å². The molecule has 0 saturated carbocycles. The number of H-pyrrole nitrogens is 1. The summed E-state index contributed by atoms with van der Waals surface area (Å²) in [5.41, 5.74) is 6.70. The predicted molar refractivity (Wildman–Crippen MR) is 70.6 cm³/mol. The molecule has 4 N–H and O–H groups in total. The molecule has 1 aromatic carbocycles. The van der Waals surface area contributed by atoms with E-state index in [1.165, 1.54) is 12.1 Å². The Hall–Kier alpha value is -2.47. The van der Waals surface area contributed by atoms with Crippen molar-refractivity contribution in [3.05, 3.63) is 64.1 Å². The molecule has 6 heteroatoms. The first-order valence-corrected chi connectivity index (χ1v) is 5.81. The Balaban J connectivity index is 1.94. The molecule has 1 unspecified atom stereocenters. The number of carbonyl (C=O) groups excluding carboxylic acids is 1. The highest BCUT2D eigenvalue weighted by Crippen LogP contribution is 2.07. The molecule has 0 fully saturated rings. The molecule has 1 heterocycles. The number of aromatic amines is 1. The number of rotatable bonds is 4. The van der Waals surface area contributed by atoms with Crippen molar-refractivity contribution in [2.45, 2.75) is 6.04 Å². The maximum atomic E-state index is 11.7. The fourth-order valence-electron chi connectivity index (χ4n) is 1.58. The second kappa shape index (κ2) is 5.92. The van der Waals surface area contributed by atoms with Crippen molar-refractivity contribution in [2.75, 3.05) is 6.54 Å². The Kier molecular flexibility index (Phi) is 4.04. The van der Waals surface area contributed by atoms with Gasteiger partial charge in [0, 0.05) is 18.7 Å². The van der Waals surface area contributed by atoms with Crippen molar-refractivity contribution in [2.24, 2.45) is 5.73 Å². The van der Waals surface area contributed by atoms with E-state index in [0.29, 0.717) is 6.54 Å². The highest BCUT2D eigenvalue weighted by Gasteiger charge is 2.10. The van der Waals surface area contributed by atoms with Crippen LogP contribution in [0.1, 0.15) is 22.1 Å². The summed E-state index contributed by atoms with van der Waals surface area (Å²) in [6, 6.07) is 11.8. The number of aromatic nitrogens is 2. The summed E-state index contributed by atoms with van der Waals surface area (Å²) in [6.45, 7) is 0.295. The molecule has 0 aliphatic heterocycles. The minimum atomic E-state index is -0.373. The van der Waals surface area contributed by atoms with Gasteiger partial charge < -0.3 is 11.1 Å². The summed E-state index contributed by atoms with van der Waals surface area (Å²) in [5, 5.41) is 8.51. The van der Waals surface area contributed by atoms with E-state index >= 15 is 0 Å². The highest BCUT2D eigenvalue weighted by molar-refractivity contribution is 5.91. The molecule has 2 rings (SSSR count). The number of benzene rings is 1. The molecule has 0 aliphatic carbocycles. The minimum Gasteiger partial charge on any atom is -0.349 e. The molecule has 98 valence electrons. The molecule has 0 saturated heterocycles. The molecule has 0 radical (unpaired) electrons. The summed E-state index contributed by atoms with van der Waals surface area (Å²) in [5.74, 6) is -0.373. The molecule has 2 aromatic rings. The van der Waals surface area contributed by atoms with Gasteiger partial charge in [0.2, 0.25) is 0 Å². The zero-order valence-electron chi connectivity index (χ0n) is 10.2. The lowest BCUT2D eigenvalue weighted by Crippen LogP contribution is -2.32. The average Bonchev–Trinajstić information content (AvgIpc) is 2.46. The lowest BCUT2D eigenvalue weighted by Gasteiger charge is -2.12. The van der Waals surface area contributed by atoms with Crippen LogP contribution in [0.25, 0.3) is 0 Å². The van der Waals surface area contributed by atoms with E-state index in [1.54, 1.807) is 0 Å². The zero-order valence-corrected chi connectivity index (χ0v) is 10.2. The van der Waals surface area contributed by atoms with Crippen LogP contribution in [0.4, 0.5) is 0 Å². The van der Waals surface area contributed by atoms with Gasteiger partial charge in [-0.15, -0.1) is 0 Å². The number of nitrogens with zero attached hydrogens (tertiary/aromatic N) is 1. The van der Waals surface area contributed by atoms with Crippen LogP contribution in [0.5, 0.6) is 0 Å². The number of amides is 1. The first-order chi connectivity index (χ1) is 9.16. The van der Waals surface area contributed by atoms with Crippen molar-refractivity contribution >= 4 is 5.91 Å². The van der Waals surface area contributed by atoms with E-state index in [9.17, 15) is 9.59 Å². The van der Waals surface area contributed by atoms with Gasteiger partial charge in [-0.2, -0.15) is 5.10 Å². The van der Waals surface area contributed by atoms with E-state index in [1.807, 2.05) is 30.3 Å². The lowest BCUT2D eigenvalue weighted by molar-refractivity contribution is 0.0945. The summed E-state index contributed by atoms with van der Waals surface area (Å²) in [4.78, 5) is 22.6. The van der Waals surface area contributed by atoms with E-state index in [4.69, 9.17) is 5.73 Å². The van der Waals surface area contributed by atoms with Crippen molar-refractivity contribution in [3.63, 3.8) is 0 Å². The van der Waals surface area contributed by atoms with E-state index in [-0.39, 0.29) is 23.2 Å². The smallest absolute Gasteiger partial charge is 0.271 e. The minimum absolute atomic E-state index is 0.153. The van der Waals surface area contributed by atoms with Crippen molar-refractivity contribution in [3.8, 4) is 0 Å². The molecule has 1 amide bonds. The molecule has 1 aromatic heterocycles. The highest BCUT2D eigenvalue weighted by atomic mass is 16.2. The monoisotopic (exact) mass is 258 g/mol.